The summed E-state index contributed by atoms with van der Waals surface area (Å²) in [6.07, 6.45) is 1.51. The van der Waals surface area contributed by atoms with Crippen molar-refractivity contribution in [3.05, 3.63) is 35.9 Å². The van der Waals surface area contributed by atoms with Crippen molar-refractivity contribution in [1.82, 2.24) is 14.8 Å². The van der Waals surface area contributed by atoms with Gasteiger partial charge in [0.1, 0.15) is 12.9 Å². The predicted octanol–water partition coefficient (Wildman–Crippen LogP) is 1.38. The minimum Gasteiger partial charge on any atom is -0.493 e. The summed E-state index contributed by atoms with van der Waals surface area (Å²) in [5.74, 6) is 1.97. The molecule has 2 aromatic rings. The van der Waals surface area contributed by atoms with Crippen molar-refractivity contribution in [1.29, 1.82) is 0 Å². The number of benzene rings is 1. The van der Waals surface area contributed by atoms with Gasteiger partial charge in [-0.2, -0.15) is 5.10 Å². The molecule has 0 radical (unpaired) electrons. The molecule has 6 heteroatoms. The van der Waals surface area contributed by atoms with Crippen LogP contribution in [-0.2, 0) is 19.8 Å². The molecule has 0 saturated carbocycles. The van der Waals surface area contributed by atoms with Crippen molar-refractivity contribution in [2.24, 2.45) is 0 Å². The number of rotatable bonds is 6. The van der Waals surface area contributed by atoms with Crippen molar-refractivity contribution in [2.75, 3.05) is 7.11 Å². The predicted molar refractivity (Wildman–Crippen MR) is 68.9 cm³/mol. The van der Waals surface area contributed by atoms with Crippen LogP contribution in [0, 0.1) is 0 Å². The molecule has 2 rings (SSSR count). The van der Waals surface area contributed by atoms with Crippen LogP contribution < -0.4 is 9.47 Å². The molecule has 0 aliphatic carbocycles. The zero-order valence-corrected chi connectivity index (χ0v) is 11.0. The van der Waals surface area contributed by atoms with Gasteiger partial charge >= 0.3 is 0 Å². The number of methoxy groups -OCH3 is 1. The second-order valence-electron chi connectivity index (χ2n) is 3.92. The molecule has 102 valence electrons. The van der Waals surface area contributed by atoms with E-state index in [1.807, 2.05) is 6.92 Å². The van der Waals surface area contributed by atoms with Crippen LogP contribution in [-0.4, -0.2) is 27.0 Å². The Hall–Kier alpha value is -2.08. The molecule has 0 spiro atoms. The van der Waals surface area contributed by atoms with Crippen LogP contribution in [0.15, 0.2) is 24.5 Å². The summed E-state index contributed by atoms with van der Waals surface area (Å²) in [7, 11) is 1.57. The fourth-order valence-corrected chi connectivity index (χ4v) is 1.74. The van der Waals surface area contributed by atoms with Crippen molar-refractivity contribution >= 4 is 0 Å². The van der Waals surface area contributed by atoms with Gasteiger partial charge in [-0.05, 0) is 24.6 Å². The first kappa shape index (κ1) is 13.4. The number of hydrogen-bond acceptors (Lipinski definition) is 5. The molecular formula is C13H17N3O3. The number of aliphatic hydroxyl groups excluding tert-OH is 1. The molecule has 1 N–H and O–H groups in total. The maximum absolute atomic E-state index is 9.08. The molecule has 1 aromatic carbocycles. The molecule has 0 aliphatic rings. The highest BCUT2D eigenvalue weighted by Crippen LogP contribution is 2.28. The molecular weight excluding hydrogens is 246 g/mol. The highest BCUT2D eigenvalue weighted by Gasteiger charge is 2.08. The molecule has 0 aliphatic heterocycles. The van der Waals surface area contributed by atoms with Crippen LogP contribution in [0.3, 0.4) is 0 Å². The molecule has 19 heavy (non-hydrogen) atoms. The van der Waals surface area contributed by atoms with Gasteiger partial charge in [0, 0.05) is 6.54 Å². The van der Waals surface area contributed by atoms with Crippen molar-refractivity contribution < 1.29 is 14.6 Å². The van der Waals surface area contributed by atoms with Crippen molar-refractivity contribution in [2.45, 2.75) is 26.7 Å². The lowest BCUT2D eigenvalue weighted by Crippen LogP contribution is -2.07. The minimum absolute atomic E-state index is 0.0270. The third-order valence-electron chi connectivity index (χ3n) is 2.76. The fourth-order valence-electron chi connectivity index (χ4n) is 1.74. The number of aromatic nitrogens is 3. The van der Waals surface area contributed by atoms with E-state index in [1.54, 1.807) is 30.0 Å². The van der Waals surface area contributed by atoms with Crippen LogP contribution in [0.4, 0.5) is 0 Å². The van der Waals surface area contributed by atoms with Crippen LogP contribution in [0.25, 0.3) is 0 Å². The van der Waals surface area contributed by atoms with Gasteiger partial charge in [0.15, 0.2) is 17.3 Å². The van der Waals surface area contributed by atoms with E-state index in [-0.39, 0.29) is 6.61 Å². The minimum atomic E-state index is -0.0270. The van der Waals surface area contributed by atoms with Gasteiger partial charge in [0.25, 0.3) is 0 Å². The second kappa shape index (κ2) is 6.19. The van der Waals surface area contributed by atoms with E-state index >= 15 is 0 Å². The van der Waals surface area contributed by atoms with Crippen molar-refractivity contribution in [3.8, 4) is 11.5 Å². The number of aliphatic hydroxyl groups is 1. The van der Waals surface area contributed by atoms with E-state index in [0.717, 1.165) is 17.9 Å². The highest BCUT2D eigenvalue weighted by atomic mass is 16.5. The van der Waals surface area contributed by atoms with Crippen LogP contribution in [0.2, 0.25) is 0 Å². The van der Waals surface area contributed by atoms with Gasteiger partial charge in [0.2, 0.25) is 0 Å². The summed E-state index contributed by atoms with van der Waals surface area (Å²) >= 11 is 0. The van der Waals surface area contributed by atoms with Gasteiger partial charge in [-0.1, -0.05) is 6.07 Å². The largest absolute Gasteiger partial charge is 0.493 e. The first-order valence-corrected chi connectivity index (χ1v) is 6.05. The van der Waals surface area contributed by atoms with E-state index in [1.165, 1.54) is 6.33 Å². The molecule has 0 atom stereocenters. The standard InChI is InChI=1S/C13H17N3O3/c1-3-16-13(14-9-15-16)8-19-11-5-4-10(7-17)6-12(11)18-2/h4-6,9,17H,3,7-8H2,1-2H3. The average molecular weight is 263 g/mol. The van der Waals surface area contributed by atoms with Gasteiger partial charge in [-0.3, -0.25) is 0 Å². The molecule has 6 nitrogen and oxygen atoms in total. The Morgan fingerprint density at radius 1 is 1.32 bits per heavy atom. The zero-order valence-electron chi connectivity index (χ0n) is 11.0. The fraction of sp³-hybridized carbons (Fsp3) is 0.385. The molecule has 0 unspecified atom stereocenters. The van der Waals surface area contributed by atoms with E-state index < -0.39 is 0 Å². The summed E-state index contributed by atoms with van der Waals surface area (Å²) in [5, 5.41) is 13.2. The third kappa shape index (κ3) is 3.03. The average Bonchev–Trinajstić information content (AvgIpc) is 2.92. The summed E-state index contributed by atoms with van der Waals surface area (Å²) in [4.78, 5) is 4.14. The van der Waals surface area contributed by atoms with E-state index in [4.69, 9.17) is 14.6 Å². The second-order valence-corrected chi connectivity index (χ2v) is 3.92. The Labute approximate surface area is 111 Å². The van der Waals surface area contributed by atoms with E-state index in [9.17, 15) is 0 Å². The summed E-state index contributed by atoms with van der Waals surface area (Å²) < 4.78 is 12.7. The number of aryl methyl sites for hydroxylation is 1. The lowest BCUT2D eigenvalue weighted by molar-refractivity contribution is 0.265. The zero-order chi connectivity index (χ0) is 13.7. The third-order valence-corrected chi connectivity index (χ3v) is 2.76. The SMILES string of the molecule is CCn1ncnc1COc1ccc(CO)cc1OC. The molecule has 0 fully saturated rings. The first-order chi connectivity index (χ1) is 9.28. The smallest absolute Gasteiger partial charge is 0.164 e. The Kier molecular flexibility index (Phi) is 4.35. The van der Waals surface area contributed by atoms with E-state index in [2.05, 4.69) is 10.1 Å². The number of nitrogens with zero attached hydrogens (tertiary/aromatic N) is 3. The normalized spacial score (nSPS) is 10.5. The van der Waals surface area contributed by atoms with Gasteiger partial charge in [-0.15, -0.1) is 0 Å². The van der Waals surface area contributed by atoms with Gasteiger partial charge in [-0.25, -0.2) is 9.67 Å². The summed E-state index contributed by atoms with van der Waals surface area (Å²) in [6.45, 7) is 3.04. The maximum atomic E-state index is 9.08. The molecule has 0 amide bonds. The topological polar surface area (TPSA) is 69.4 Å². The highest BCUT2D eigenvalue weighted by molar-refractivity contribution is 5.42. The lowest BCUT2D eigenvalue weighted by atomic mass is 10.2. The molecule has 0 saturated heterocycles. The molecule has 1 heterocycles. The quantitative estimate of drug-likeness (QED) is 0.852. The monoisotopic (exact) mass is 263 g/mol. The Morgan fingerprint density at radius 3 is 2.84 bits per heavy atom. The Bertz CT molecular complexity index is 540. The van der Waals surface area contributed by atoms with Crippen LogP contribution in [0.1, 0.15) is 18.3 Å². The summed E-state index contributed by atoms with van der Waals surface area (Å²) in [6, 6.07) is 5.32. The van der Waals surface area contributed by atoms with Crippen LogP contribution in [0.5, 0.6) is 11.5 Å². The molecule has 0 bridgehead atoms. The Morgan fingerprint density at radius 2 is 2.16 bits per heavy atom. The number of hydrogen-bond donors (Lipinski definition) is 1. The van der Waals surface area contributed by atoms with Crippen molar-refractivity contribution in [3.63, 3.8) is 0 Å². The first-order valence-electron chi connectivity index (χ1n) is 6.05. The lowest BCUT2D eigenvalue weighted by Gasteiger charge is -2.11. The molecule has 1 aromatic heterocycles. The number of ether oxygens (including phenoxy) is 2. The van der Waals surface area contributed by atoms with E-state index in [0.29, 0.717) is 18.1 Å². The van der Waals surface area contributed by atoms with Gasteiger partial charge in [0.05, 0.1) is 13.7 Å². The van der Waals surface area contributed by atoms with Crippen LogP contribution >= 0.6 is 0 Å². The summed E-state index contributed by atoms with van der Waals surface area (Å²) in [5.41, 5.74) is 0.779. The maximum Gasteiger partial charge on any atom is 0.164 e. The Balaban J connectivity index is 2.11. The van der Waals surface area contributed by atoms with Gasteiger partial charge < -0.3 is 14.6 Å².